The first-order valence-corrected chi connectivity index (χ1v) is 19.8. The van der Waals surface area contributed by atoms with E-state index >= 15 is 0 Å². The van der Waals surface area contributed by atoms with Crippen LogP contribution in [0, 0.1) is 26.0 Å². The Morgan fingerprint density at radius 2 is 1.34 bits per heavy atom. The summed E-state index contributed by atoms with van der Waals surface area (Å²) in [6.45, 7) is 16.3. The van der Waals surface area contributed by atoms with Crippen molar-refractivity contribution in [1.29, 1.82) is 0 Å². The molecule has 7 heteroatoms. The molecule has 6 rings (SSSR count). The predicted molar refractivity (Wildman–Crippen MR) is 226 cm³/mol. The number of ketones is 1. The predicted octanol–water partition coefficient (Wildman–Crippen LogP) is 10.6. The minimum Gasteiger partial charge on any atom is -0.359 e. The molecule has 0 saturated heterocycles. The van der Waals surface area contributed by atoms with E-state index in [4.69, 9.17) is 0 Å². The first kappa shape index (κ1) is 45.9. The van der Waals surface area contributed by atoms with Crippen molar-refractivity contribution < 1.29 is 79.6 Å². The van der Waals surface area contributed by atoms with Crippen LogP contribution in [-0.4, -0.2) is 42.1 Å². The molecule has 0 atom stereocenters. The van der Waals surface area contributed by atoms with Crippen molar-refractivity contribution >= 4 is 50.3 Å². The maximum Gasteiger partial charge on any atom is 0.226 e. The number of hydrogen-bond acceptors (Lipinski definition) is 3. The Morgan fingerprint density at radius 3 is 1.93 bits per heavy atom. The SMILES string of the molecule is CCC1(CC)C(/C=C/C=C/C=C/C=C2/N(CCC(C)=O)c3ccc4cc(C)c[c-]c4c3C2(CC)CC)=[N+](CCC(=O)NC)c2ccc3cc(C)c[c-]c3c21.[Y].[Y]. The van der Waals surface area contributed by atoms with Gasteiger partial charge in [0.05, 0.1) is 11.8 Å². The molecule has 0 unspecified atom stereocenters. The number of allylic oxidation sites excluding steroid dienone is 8. The molecule has 0 bridgehead atoms. The third kappa shape index (κ3) is 8.49. The van der Waals surface area contributed by atoms with Crippen LogP contribution in [0.1, 0.15) is 95.4 Å². The van der Waals surface area contributed by atoms with Crippen LogP contribution in [0.4, 0.5) is 11.4 Å². The zero-order chi connectivity index (χ0) is 38.6. The zero-order valence-corrected chi connectivity index (χ0v) is 40.4. The molecule has 4 aromatic rings. The van der Waals surface area contributed by atoms with Gasteiger partial charge in [-0.1, -0.05) is 95.7 Å². The summed E-state index contributed by atoms with van der Waals surface area (Å²) in [7, 11) is 1.70. The van der Waals surface area contributed by atoms with Gasteiger partial charge in [-0.2, -0.15) is 0 Å². The zero-order valence-electron chi connectivity index (χ0n) is 34.7. The Hall–Kier alpha value is -2.82. The second-order valence-electron chi connectivity index (χ2n) is 15.0. The number of aryl methyl sites for hydroxylation is 2. The summed E-state index contributed by atoms with van der Waals surface area (Å²) in [5, 5.41) is 7.57. The van der Waals surface area contributed by atoms with Gasteiger partial charge in [-0.25, -0.2) is 4.58 Å². The van der Waals surface area contributed by atoms with Crippen LogP contribution in [-0.2, 0) is 85.8 Å². The van der Waals surface area contributed by atoms with Crippen molar-refractivity contribution in [3.05, 3.63) is 131 Å². The van der Waals surface area contributed by atoms with Gasteiger partial charge in [0.2, 0.25) is 5.91 Å². The number of nitrogens with one attached hydrogen (secondary N) is 1. The topological polar surface area (TPSA) is 52.4 Å². The molecule has 2 heterocycles. The fraction of sp³-hybridized carbons (Fsp3) is 0.367. The van der Waals surface area contributed by atoms with Gasteiger partial charge in [-0.3, -0.25) is 9.59 Å². The fourth-order valence-electron chi connectivity index (χ4n) is 9.17. The van der Waals surface area contributed by atoms with Crippen molar-refractivity contribution in [3.63, 3.8) is 0 Å². The van der Waals surface area contributed by atoms with Crippen LogP contribution in [0.5, 0.6) is 0 Å². The average molecular weight is 897 g/mol. The molecule has 2 aliphatic rings. The van der Waals surface area contributed by atoms with Crippen LogP contribution in [0.15, 0.2) is 96.8 Å². The third-order valence-electron chi connectivity index (χ3n) is 12.1. The van der Waals surface area contributed by atoms with E-state index in [0.717, 1.165) is 25.7 Å². The van der Waals surface area contributed by atoms with Crippen LogP contribution < -0.4 is 10.2 Å². The van der Waals surface area contributed by atoms with Crippen LogP contribution in [0.2, 0.25) is 0 Å². The quantitative estimate of drug-likeness (QED) is 0.0780. The summed E-state index contributed by atoms with van der Waals surface area (Å²) in [5.41, 5.74) is 9.52. The van der Waals surface area contributed by atoms with E-state index < -0.39 is 0 Å². The molecule has 56 heavy (non-hydrogen) atoms. The molecule has 0 saturated carbocycles. The van der Waals surface area contributed by atoms with Crippen LogP contribution in [0.25, 0.3) is 21.5 Å². The van der Waals surface area contributed by atoms with E-state index in [1.54, 1.807) is 14.0 Å². The summed E-state index contributed by atoms with van der Waals surface area (Å²) >= 11 is 0. The Bertz CT molecular complexity index is 2250. The number of amides is 1. The van der Waals surface area contributed by atoms with Crippen LogP contribution >= 0.6 is 0 Å². The first-order chi connectivity index (χ1) is 26.1. The van der Waals surface area contributed by atoms with Gasteiger partial charge in [0.25, 0.3) is 0 Å². The average Bonchev–Trinajstić information content (AvgIpc) is 3.61. The molecule has 2 aliphatic heterocycles. The molecule has 4 aromatic carbocycles. The van der Waals surface area contributed by atoms with Gasteiger partial charge in [-0.05, 0) is 50.3 Å². The van der Waals surface area contributed by atoms with Crippen molar-refractivity contribution in [2.45, 2.75) is 97.8 Å². The Kier molecular flexibility index (Phi) is 16.2. The summed E-state index contributed by atoms with van der Waals surface area (Å²) in [4.78, 5) is 27.1. The Balaban J connectivity index is 0.00000348. The molecule has 0 aromatic heterocycles. The van der Waals surface area contributed by atoms with Gasteiger partial charge < -0.3 is 10.2 Å². The molecular weight excluding hydrogens is 840 g/mol. The maximum absolute atomic E-state index is 12.5. The van der Waals surface area contributed by atoms with E-state index in [-0.39, 0.29) is 87.9 Å². The smallest absolute Gasteiger partial charge is 0.226 e. The summed E-state index contributed by atoms with van der Waals surface area (Å²) in [6.07, 6.45) is 19.8. The standard InChI is InChI=1S/C49H56N3O2.2Y/c1-9-48(10-2)43(51(30-28-36(7)53)41-26-22-37-32-34(5)20-24-39(37)46(41)48)18-16-14-13-15-17-19-44-49(11-3,12-4)47-40-25-21-35(6)33-38(40)23-27-42(47)52(44)31-29-45(54)50-8;;/h13-23,26-27,32-33H,9-12,28-31H2,1-8H3,(H,50,54);;/q-1;;. The van der Waals surface area contributed by atoms with Crippen molar-refractivity contribution in [2.24, 2.45) is 0 Å². The first-order valence-electron chi connectivity index (χ1n) is 19.8. The van der Waals surface area contributed by atoms with E-state index in [9.17, 15) is 9.59 Å². The number of hydrogen-bond donors (Lipinski definition) is 1. The molecule has 5 nitrogen and oxygen atoms in total. The summed E-state index contributed by atoms with van der Waals surface area (Å²) in [5.74, 6) is 0.232. The summed E-state index contributed by atoms with van der Waals surface area (Å²) < 4.78 is 2.36. The minimum atomic E-state index is -0.196. The normalized spacial score (nSPS) is 16.3. The molecule has 0 fully saturated rings. The molecule has 0 spiro atoms. The van der Waals surface area contributed by atoms with E-state index in [0.29, 0.717) is 25.9 Å². The van der Waals surface area contributed by atoms with Gasteiger partial charge in [0.15, 0.2) is 17.9 Å². The Morgan fingerprint density at radius 1 is 0.768 bits per heavy atom. The van der Waals surface area contributed by atoms with Crippen LogP contribution in [0.3, 0.4) is 0 Å². The Labute approximate surface area is 385 Å². The van der Waals surface area contributed by atoms with Gasteiger partial charge in [0, 0.05) is 108 Å². The molecule has 0 aliphatic carbocycles. The summed E-state index contributed by atoms with van der Waals surface area (Å²) in [6, 6.07) is 24.8. The largest absolute Gasteiger partial charge is 0.359 e. The molecule has 1 N–H and O–H groups in total. The number of carbonyl (C=O) groups is 2. The number of anilines is 1. The number of Topliss-reactive ketones (excluding diaryl/α,β-unsaturated/α-hetero) is 1. The van der Waals surface area contributed by atoms with Gasteiger partial charge in [0.1, 0.15) is 5.78 Å². The minimum absolute atomic E-state index is 0. The van der Waals surface area contributed by atoms with Gasteiger partial charge in [-0.15, -0.1) is 69.1 Å². The monoisotopic (exact) mass is 896 g/mol. The van der Waals surface area contributed by atoms with Crippen molar-refractivity contribution in [3.8, 4) is 0 Å². The number of nitrogens with zero attached hydrogens (tertiary/aromatic N) is 2. The number of fused-ring (bicyclic) bond motifs is 6. The third-order valence-corrected chi connectivity index (χ3v) is 12.1. The van der Waals surface area contributed by atoms with Crippen molar-refractivity contribution in [2.75, 3.05) is 25.0 Å². The second-order valence-corrected chi connectivity index (χ2v) is 15.0. The van der Waals surface area contributed by atoms with Gasteiger partial charge >= 0.3 is 0 Å². The molecular formula is C49H56N3O2Y2-. The van der Waals surface area contributed by atoms with Crippen molar-refractivity contribution in [1.82, 2.24) is 5.32 Å². The molecule has 1 amide bonds. The molecule has 286 valence electrons. The fourth-order valence-corrected chi connectivity index (χ4v) is 9.17. The molecule has 2 radical (unpaired) electrons. The number of carbonyl (C=O) groups excluding carboxylic acids is 2. The number of rotatable bonds is 14. The number of benzene rings is 4. The van der Waals surface area contributed by atoms with E-state index in [2.05, 4.69) is 160 Å². The maximum atomic E-state index is 12.5. The second kappa shape index (κ2) is 19.8. The van der Waals surface area contributed by atoms with E-state index in [1.165, 1.54) is 66.6 Å². The van der Waals surface area contributed by atoms with E-state index in [1.807, 2.05) is 0 Å².